The second kappa shape index (κ2) is 16.7. The maximum atomic E-state index is 13.5. The van der Waals surface area contributed by atoms with Gasteiger partial charge < -0.3 is 30.8 Å². The topological polar surface area (TPSA) is 15.7 Å². The summed E-state index contributed by atoms with van der Waals surface area (Å²) in [6.07, 6.45) is 2.56. The van der Waals surface area contributed by atoms with Crippen LogP contribution in [-0.4, -0.2) is 66.8 Å². The number of anilines is 2. The van der Waals surface area contributed by atoms with Gasteiger partial charge in [0.25, 0.3) is 0 Å². The first-order valence-corrected chi connectivity index (χ1v) is 18.6. The Hall–Kier alpha value is 0.0200. The van der Waals surface area contributed by atoms with Crippen molar-refractivity contribution in [3.63, 3.8) is 0 Å². The Morgan fingerprint density at radius 1 is 0.853 bits per heavy atom. The van der Waals surface area contributed by atoms with Crippen LogP contribution in [-0.2, 0) is 4.74 Å². The van der Waals surface area contributed by atoms with Gasteiger partial charge in [0.15, 0.2) is 0 Å². The van der Waals surface area contributed by atoms with E-state index in [1.54, 1.807) is 18.2 Å². The van der Waals surface area contributed by atoms with Gasteiger partial charge in [-0.1, -0.05) is 55.2 Å². The third-order valence-corrected chi connectivity index (χ3v) is 10.3. The minimum Gasteiger partial charge on any atom is -1.00 e. The zero-order valence-corrected chi connectivity index (χ0v) is 28.4. The molecule has 0 spiro atoms. The van der Waals surface area contributed by atoms with Gasteiger partial charge in [0.2, 0.25) is 0 Å². The van der Waals surface area contributed by atoms with E-state index in [1.165, 1.54) is 25.0 Å². The van der Waals surface area contributed by atoms with E-state index < -0.39 is 16.5 Å². The van der Waals surface area contributed by atoms with Gasteiger partial charge in [-0.3, -0.25) is 0 Å². The van der Waals surface area contributed by atoms with Crippen molar-refractivity contribution in [2.45, 2.75) is 52.1 Å². The van der Waals surface area contributed by atoms with Gasteiger partial charge in [-0.25, -0.2) is 8.78 Å². The Kier molecular flexibility index (Phi) is 17.8. The number of benzene rings is 2. The first kappa shape index (κ1) is 36.2. The van der Waals surface area contributed by atoms with Crippen molar-refractivity contribution < 1.29 is 30.5 Å². The molecule has 0 aromatic heterocycles. The van der Waals surface area contributed by atoms with Crippen LogP contribution < -0.4 is 26.1 Å². The SMILES string of the molecule is C1CCOC1.CN(c1c[c-]ccc1F)[Si](C)(C)C.CN(c1cc(Br)ccc1F)[Si](C)(C)C.[Br-].[Mg+2]. The molecule has 34 heavy (non-hydrogen) atoms. The van der Waals surface area contributed by atoms with E-state index in [4.69, 9.17) is 4.74 Å². The molecule has 1 aliphatic rings. The second-order valence-electron chi connectivity index (χ2n) is 9.75. The summed E-state index contributed by atoms with van der Waals surface area (Å²) in [6.45, 7) is 15.1. The fourth-order valence-electron chi connectivity index (χ4n) is 2.64. The van der Waals surface area contributed by atoms with Crippen LogP contribution in [0.25, 0.3) is 0 Å². The zero-order valence-electron chi connectivity index (χ0n) is 21.8. The third kappa shape index (κ3) is 12.8. The summed E-state index contributed by atoms with van der Waals surface area (Å²) in [6, 6.07) is 12.7. The van der Waals surface area contributed by atoms with Gasteiger partial charge in [0.05, 0.1) is 5.69 Å². The number of hydrogen-bond acceptors (Lipinski definition) is 3. The van der Waals surface area contributed by atoms with E-state index in [9.17, 15) is 8.78 Å². The number of halogens is 4. The van der Waals surface area contributed by atoms with Crippen LogP contribution in [0.5, 0.6) is 0 Å². The minimum atomic E-state index is -1.48. The number of ether oxygens (including phenoxy) is 1. The van der Waals surface area contributed by atoms with Crippen molar-refractivity contribution in [1.82, 2.24) is 0 Å². The molecule has 10 heteroatoms. The Labute approximate surface area is 242 Å². The molecule has 188 valence electrons. The van der Waals surface area contributed by atoms with E-state index in [1.807, 2.05) is 24.7 Å². The third-order valence-electron chi connectivity index (χ3n) is 5.26. The monoisotopic (exact) mass is 646 g/mol. The molecule has 0 N–H and O–H groups in total. The van der Waals surface area contributed by atoms with Crippen molar-refractivity contribution in [1.29, 1.82) is 0 Å². The van der Waals surface area contributed by atoms with Crippen molar-refractivity contribution in [3.8, 4) is 0 Å². The molecule has 1 saturated heterocycles. The van der Waals surface area contributed by atoms with Crippen LogP contribution in [0.1, 0.15) is 12.8 Å². The molecule has 0 bridgehead atoms. The molecule has 0 aliphatic carbocycles. The average molecular weight is 649 g/mol. The average Bonchev–Trinajstić information content (AvgIpc) is 3.28. The molecule has 3 nitrogen and oxygen atoms in total. The molecule has 0 radical (unpaired) electrons. The molecule has 1 fully saturated rings. The van der Waals surface area contributed by atoms with Gasteiger partial charge in [0, 0.05) is 23.5 Å². The second-order valence-corrected chi connectivity index (χ2v) is 20.7. The Bertz CT molecular complexity index is 841. The molecule has 1 aliphatic heterocycles. The summed E-state index contributed by atoms with van der Waals surface area (Å²) in [4.78, 5) is 0. The van der Waals surface area contributed by atoms with Crippen LogP contribution in [0.4, 0.5) is 20.2 Å². The summed E-state index contributed by atoms with van der Waals surface area (Å²) < 4.78 is 36.8. The summed E-state index contributed by atoms with van der Waals surface area (Å²) in [7, 11) is 0.956. The van der Waals surface area contributed by atoms with Gasteiger partial charge >= 0.3 is 23.1 Å². The predicted octanol–water partition coefficient (Wildman–Crippen LogP) is 4.18. The molecule has 1 heterocycles. The molecule has 0 saturated carbocycles. The quantitative estimate of drug-likeness (QED) is 0.366. The first-order valence-electron chi connectivity index (χ1n) is 10.9. The standard InChI is InChI=1S/C10H15BrFNSi.C10H15FNSi.C4H8O.BrH.Mg/c1-13(14(2,3)4)10-7-8(11)5-6-9(10)12;1-12(13(2,3)4)10-8-6-5-7-9(10)11;1-2-4-5-3-1;;/h5-7H,1-4H3;5,7-8H,1-4H3;1-4H2;1H;/q;-1;;;+2/p-1. The van der Waals surface area contributed by atoms with Gasteiger partial charge in [-0.15, -0.1) is 6.07 Å². The Morgan fingerprint density at radius 3 is 1.74 bits per heavy atom. The van der Waals surface area contributed by atoms with Gasteiger partial charge in [-0.05, 0) is 50.8 Å². The van der Waals surface area contributed by atoms with E-state index in [0.29, 0.717) is 11.4 Å². The van der Waals surface area contributed by atoms with Crippen LogP contribution in [0.2, 0.25) is 39.3 Å². The van der Waals surface area contributed by atoms with Gasteiger partial charge in [0.1, 0.15) is 22.3 Å². The molecule has 0 atom stereocenters. The first-order chi connectivity index (χ1) is 14.7. The number of hydrogen-bond donors (Lipinski definition) is 0. The number of rotatable bonds is 4. The molecule has 2 aromatic carbocycles. The fourth-order valence-corrected chi connectivity index (χ4v) is 4.77. The molecule has 3 rings (SSSR count). The van der Waals surface area contributed by atoms with E-state index in [2.05, 4.69) is 65.8 Å². The van der Waals surface area contributed by atoms with Crippen molar-refractivity contribution in [2.75, 3.05) is 36.4 Å². The van der Waals surface area contributed by atoms with Crippen molar-refractivity contribution in [3.05, 3.63) is 58.6 Å². The summed E-state index contributed by atoms with van der Waals surface area (Å²) >= 11 is 3.35. The smallest absolute Gasteiger partial charge is 1.00 e. The normalized spacial score (nSPS) is 12.7. The molecule has 0 amide bonds. The maximum absolute atomic E-state index is 13.5. The van der Waals surface area contributed by atoms with Crippen LogP contribution >= 0.6 is 15.9 Å². The summed E-state index contributed by atoms with van der Waals surface area (Å²) in [5.41, 5.74) is 1.33. The molecule has 0 unspecified atom stereocenters. The van der Waals surface area contributed by atoms with E-state index in [-0.39, 0.29) is 51.7 Å². The van der Waals surface area contributed by atoms with Crippen LogP contribution in [0.15, 0.2) is 40.9 Å². The molecular weight excluding hydrogens is 611 g/mol. The molecule has 2 aromatic rings. The Balaban J connectivity index is 0. The van der Waals surface area contributed by atoms with E-state index in [0.717, 1.165) is 17.7 Å². The largest absolute Gasteiger partial charge is 2.00 e. The van der Waals surface area contributed by atoms with Crippen molar-refractivity contribution >= 4 is 66.8 Å². The Morgan fingerprint density at radius 2 is 1.32 bits per heavy atom. The van der Waals surface area contributed by atoms with Crippen molar-refractivity contribution in [2.24, 2.45) is 0 Å². The van der Waals surface area contributed by atoms with E-state index >= 15 is 0 Å². The summed E-state index contributed by atoms with van der Waals surface area (Å²) in [5, 5.41) is 0. The molecular formula is C24H38Br2F2MgN2OSi2. The van der Waals surface area contributed by atoms with Gasteiger partial charge in [-0.2, -0.15) is 18.2 Å². The van der Waals surface area contributed by atoms with Crippen LogP contribution in [0.3, 0.4) is 0 Å². The minimum absolute atomic E-state index is 0. The maximum Gasteiger partial charge on any atom is 2.00 e. The number of nitrogens with zero attached hydrogens (tertiary/aromatic N) is 2. The summed E-state index contributed by atoms with van der Waals surface area (Å²) in [5.74, 6) is -0.318. The zero-order chi connectivity index (χ0) is 24.5. The fraction of sp³-hybridized carbons (Fsp3) is 0.500. The predicted molar refractivity (Wildman–Crippen MR) is 149 cm³/mol. The van der Waals surface area contributed by atoms with Crippen LogP contribution in [0, 0.1) is 17.7 Å².